The van der Waals surface area contributed by atoms with Crippen molar-refractivity contribution >= 4 is 29.1 Å². The molecule has 1 saturated carbocycles. The summed E-state index contributed by atoms with van der Waals surface area (Å²) >= 11 is 1.93. The Morgan fingerprint density at radius 3 is 2.62 bits per heavy atom. The fourth-order valence-electron chi connectivity index (χ4n) is 3.26. The third kappa shape index (κ3) is 3.58. The number of nitrogens with one attached hydrogen (secondary N) is 1. The minimum Gasteiger partial charge on any atom is -0.319 e. The van der Waals surface area contributed by atoms with Crippen molar-refractivity contribution in [1.29, 1.82) is 0 Å². The molecule has 1 amide bonds. The van der Waals surface area contributed by atoms with E-state index in [1.807, 2.05) is 43.8 Å². The Morgan fingerprint density at radius 1 is 1.15 bits per heavy atom. The van der Waals surface area contributed by atoms with Crippen molar-refractivity contribution in [2.75, 3.05) is 5.32 Å². The first-order valence-electron chi connectivity index (χ1n) is 8.87. The fourth-order valence-corrected chi connectivity index (χ4v) is 4.51. The summed E-state index contributed by atoms with van der Waals surface area (Å²) < 4.78 is 1.59. The predicted molar refractivity (Wildman–Crippen MR) is 103 cm³/mol. The van der Waals surface area contributed by atoms with E-state index < -0.39 is 0 Å². The second-order valence-corrected chi connectivity index (χ2v) is 8.06. The third-order valence-electron chi connectivity index (χ3n) is 4.54. The van der Waals surface area contributed by atoms with E-state index in [1.165, 1.54) is 30.6 Å². The van der Waals surface area contributed by atoms with E-state index in [9.17, 15) is 4.79 Å². The number of rotatable bonds is 4. The first kappa shape index (κ1) is 17.0. The van der Waals surface area contributed by atoms with Gasteiger partial charge in [-0.2, -0.15) is 4.98 Å². The number of carbonyl (C=O) groups excluding carboxylic acids is 1. The lowest BCUT2D eigenvalue weighted by atomic mass is 10.3. The van der Waals surface area contributed by atoms with Gasteiger partial charge in [-0.1, -0.05) is 12.8 Å². The van der Waals surface area contributed by atoms with Crippen molar-refractivity contribution in [3.05, 3.63) is 47.5 Å². The summed E-state index contributed by atoms with van der Waals surface area (Å²) in [6.45, 7) is 3.81. The molecule has 6 nitrogen and oxygen atoms in total. The average Bonchev–Trinajstić information content (AvgIpc) is 3.26. The SMILES string of the molecule is Cc1cc(C)n2nc(C(=O)Nc3ccc(SC4CCCC4)cc3)nc2n1. The van der Waals surface area contributed by atoms with E-state index in [-0.39, 0.29) is 11.7 Å². The van der Waals surface area contributed by atoms with Crippen LogP contribution in [-0.4, -0.2) is 30.7 Å². The Balaban J connectivity index is 1.46. The number of nitrogens with zero attached hydrogens (tertiary/aromatic N) is 4. The smallest absolute Gasteiger partial charge is 0.295 e. The number of hydrogen-bond donors (Lipinski definition) is 1. The van der Waals surface area contributed by atoms with Gasteiger partial charge in [-0.3, -0.25) is 4.79 Å². The normalized spacial score (nSPS) is 14.8. The van der Waals surface area contributed by atoms with Crippen LogP contribution in [0.4, 0.5) is 5.69 Å². The molecule has 1 aliphatic rings. The molecule has 0 saturated heterocycles. The van der Waals surface area contributed by atoms with Crippen molar-refractivity contribution < 1.29 is 4.79 Å². The highest BCUT2D eigenvalue weighted by molar-refractivity contribution is 8.00. The minimum atomic E-state index is -0.330. The van der Waals surface area contributed by atoms with Gasteiger partial charge in [0.2, 0.25) is 5.82 Å². The van der Waals surface area contributed by atoms with Crippen molar-refractivity contribution in [3.8, 4) is 0 Å². The van der Waals surface area contributed by atoms with Gasteiger partial charge in [-0.25, -0.2) is 9.50 Å². The maximum Gasteiger partial charge on any atom is 0.295 e. The molecule has 1 N–H and O–H groups in total. The fraction of sp³-hybridized carbons (Fsp3) is 0.368. The number of fused-ring (bicyclic) bond motifs is 1. The molecule has 4 rings (SSSR count). The van der Waals surface area contributed by atoms with Crippen molar-refractivity contribution in [2.24, 2.45) is 0 Å². The predicted octanol–water partition coefficient (Wildman–Crippen LogP) is 4.03. The summed E-state index contributed by atoms with van der Waals surface area (Å²) in [5.41, 5.74) is 2.49. The van der Waals surface area contributed by atoms with E-state index in [1.54, 1.807) is 4.52 Å². The molecule has 7 heteroatoms. The Kier molecular flexibility index (Phi) is 4.63. The highest BCUT2D eigenvalue weighted by Crippen LogP contribution is 2.34. The average molecular weight is 367 g/mol. The van der Waals surface area contributed by atoms with Crippen LogP contribution < -0.4 is 5.32 Å². The Bertz CT molecular complexity index is 944. The summed E-state index contributed by atoms with van der Waals surface area (Å²) in [7, 11) is 0. The second kappa shape index (κ2) is 7.07. The molecule has 0 atom stereocenters. The van der Waals surface area contributed by atoms with E-state index in [2.05, 4.69) is 32.5 Å². The van der Waals surface area contributed by atoms with Crippen LogP contribution in [0.3, 0.4) is 0 Å². The van der Waals surface area contributed by atoms with Gasteiger partial charge in [0.25, 0.3) is 11.7 Å². The number of amides is 1. The monoisotopic (exact) mass is 367 g/mol. The molecule has 1 aromatic carbocycles. The Hall–Kier alpha value is -2.41. The number of aryl methyl sites for hydroxylation is 2. The summed E-state index contributed by atoms with van der Waals surface area (Å²) in [6.07, 6.45) is 5.28. The van der Waals surface area contributed by atoms with Gasteiger partial charge in [-0.05, 0) is 57.0 Å². The number of carbonyl (C=O) groups is 1. The molecule has 0 spiro atoms. The molecule has 1 fully saturated rings. The maximum absolute atomic E-state index is 12.5. The van der Waals surface area contributed by atoms with Crippen LogP contribution in [0, 0.1) is 13.8 Å². The van der Waals surface area contributed by atoms with Gasteiger partial charge in [0.15, 0.2) is 0 Å². The summed E-state index contributed by atoms with van der Waals surface area (Å²) in [6, 6.07) is 9.89. The molecular weight excluding hydrogens is 346 g/mol. The van der Waals surface area contributed by atoms with E-state index in [0.717, 1.165) is 22.3 Å². The lowest BCUT2D eigenvalue weighted by molar-refractivity contribution is 0.101. The first-order chi connectivity index (χ1) is 12.6. The van der Waals surface area contributed by atoms with Gasteiger partial charge in [0.1, 0.15) is 0 Å². The standard InChI is InChI=1S/C19H21N5OS/c1-12-11-13(2)24-19(20-12)22-17(23-24)18(25)21-14-7-9-16(10-8-14)26-15-5-3-4-6-15/h7-11,15H,3-6H2,1-2H3,(H,21,25). The van der Waals surface area contributed by atoms with Gasteiger partial charge in [0, 0.05) is 27.2 Å². The minimum absolute atomic E-state index is 0.121. The summed E-state index contributed by atoms with van der Waals surface area (Å²) in [5.74, 6) is 0.232. The number of benzene rings is 1. The van der Waals surface area contributed by atoms with Gasteiger partial charge < -0.3 is 5.32 Å². The largest absolute Gasteiger partial charge is 0.319 e. The van der Waals surface area contributed by atoms with Gasteiger partial charge >= 0.3 is 0 Å². The highest BCUT2D eigenvalue weighted by atomic mass is 32.2. The highest BCUT2D eigenvalue weighted by Gasteiger charge is 2.17. The zero-order chi connectivity index (χ0) is 18.1. The topological polar surface area (TPSA) is 72.2 Å². The molecule has 0 unspecified atom stereocenters. The molecule has 1 aliphatic carbocycles. The molecule has 0 aliphatic heterocycles. The van der Waals surface area contributed by atoms with Crippen LogP contribution >= 0.6 is 11.8 Å². The lowest BCUT2D eigenvalue weighted by Gasteiger charge is -2.09. The van der Waals surface area contributed by atoms with Crippen LogP contribution in [0.5, 0.6) is 0 Å². The third-order valence-corrected chi connectivity index (χ3v) is 5.89. The first-order valence-corrected chi connectivity index (χ1v) is 9.75. The Labute approximate surface area is 156 Å². The summed E-state index contributed by atoms with van der Waals surface area (Å²) in [4.78, 5) is 22.3. The van der Waals surface area contributed by atoms with Crippen molar-refractivity contribution in [2.45, 2.75) is 49.7 Å². The molecule has 0 bridgehead atoms. The second-order valence-electron chi connectivity index (χ2n) is 6.69. The molecule has 2 heterocycles. The van der Waals surface area contributed by atoms with E-state index >= 15 is 0 Å². The van der Waals surface area contributed by atoms with Crippen molar-refractivity contribution in [3.63, 3.8) is 0 Å². The number of thioether (sulfide) groups is 1. The zero-order valence-electron chi connectivity index (χ0n) is 14.9. The van der Waals surface area contributed by atoms with Crippen LogP contribution in [0.2, 0.25) is 0 Å². The summed E-state index contributed by atoms with van der Waals surface area (Å²) in [5, 5.41) is 7.86. The van der Waals surface area contributed by atoms with Crippen LogP contribution in [0.15, 0.2) is 35.2 Å². The number of anilines is 1. The van der Waals surface area contributed by atoms with Gasteiger partial charge in [0.05, 0.1) is 0 Å². The number of aromatic nitrogens is 4. The van der Waals surface area contributed by atoms with Gasteiger partial charge in [-0.15, -0.1) is 16.9 Å². The molecule has 26 heavy (non-hydrogen) atoms. The molecule has 134 valence electrons. The van der Waals surface area contributed by atoms with Crippen LogP contribution in [0.1, 0.15) is 47.7 Å². The van der Waals surface area contributed by atoms with Crippen LogP contribution in [-0.2, 0) is 0 Å². The quantitative estimate of drug-likeness (QED) is 0.754. The molecule has 3 aromatic rings. The van der Waals surface area contributed by atoms with E-state index in [4.69, 9.17) is 0 Å². The number of hydrogen-bond acceptors (Lipinski definition) is 5. The van der Waals surface area contributed by atoms with Crippen molar-refractivity contribution in [1.82, 2.24) is 19.6 Å². The van der Waals surface area contributed by atoms with Crippen LogP contribution in [0.25, 0.3) is 5.78 Å². The molecule has 0 radical (unpaired) electrons. The Morgan fingerprint density at radius 2 is 1.88 bits per heavy atom. The molecule has 2 aromatic heterocycles. The lowest BCUT2D eigenvalue weighted by Crippen LogP contribution is -2.14. The molecular formula is C19H21N5OS. The zero-order valence-corrected chi connectivity index (χ0v) is 15.7. The van der Waals surface area contributed by atoms with E-state index in [0.29, 0.717) is 5.78 Å². The maximum atomic E-state index is 12.5.